The lowest BCUT2D eigenvalue weighted by Crippen LogP contribution is -2.70. The zero-order valence-corrected chi connectivity index (χ0v) is 23.7. The van der Waals surface area contributed by atoms with Crippen molar-refractivity contribution in [2.75, 3.05) is 33.4 Å². The summed E-state index contributed by atoms with van der Waals surface area (Å²) in [7, 11) is 1.59. The highest BCUT2D eigenvalue weighted by atomic mass is 16.7. The number of nitrogens with one attached hydrogen (secondary N) is 3. The summed E-state index contributed by atoms with van der Waals surface area (Å²) in [6.45, 7) is 2.06. The van der Waals surface area contributed by atoms with Gasteiger partial charge in [0.25, 0.3) is 5.91 Å². The monoisotopic (exact) mass is 588 g/mol. The van der Waals surface area contributed by atoms with Crippen LogP contribution in [0.3, 0.4) is 0 Å². The number of aliphatic hydroxyl groups is 5. The Kier molecular flexibility index (Phi) is 10.3. The highest BCUT2D eigenvalue weighted by Gasteiger charge is 2.55. The van der Waals surface area contributed by atoms with Crippen molar-refractivity contribution in [1.29, 1.82) is 0 Å². The van der Waals surface area contributed by atoms with E-state index < -0.39 is 77.9 Å². The molecule has 11 atom stereocenters. The van der Waals surface area contributed by atoms with Gasteiger partial charge in [-0.2, -0.15) is 0 Å². The maximum atomic E-state index is 13.1. The molecule has 0 bridgehead atoms. The number of likely N-dealkylation sites (N-methyl/N-ethyl adjacent to an activating group) is 1. The Labute approximate surface area is 239 Å². The van der Waals surface area contributed by atoms with Crippen LogP contribution in [0.1, 0.15) is 32.6 Å². The number of hydrogen-bond donors (Lipinski definition) is 11. The molecule has 4 rings (SSSR count). The minimum absolute atomic E-state index is 0.0332. The van der Waals surface area contributed by atoms with E-state index in [0.717, 1.165) is 0 Å². The van der Waals surface area contributed by atoms with Crippen molar-refractivity contribution in [3.63, 3.8) is 0 Å². The molecule has 0 aromatic rings. The topological polar surface area (TPSA) is 260 Å². The summed E-state index contributed by atoms with van der Waals surface area (Å²) in [4.78, 5) is 13.1. The van der Waals surface area contributed by atoms with Crippen LogP contribution in [0, 0.1) is 5.92 Å². The van der Waals surface area contributed by atoms with Gasteiger partial charge in [-0.05, 0) is 32.9 Å². The lowest BCUT2D eigenvalue weighted by Gasteiger charge is -2.51. The number of hydrogen-bond acceptors (Lipinski definition) is 14. The second-order valence-electron chi connectivity index (χ2n) is 12.2. The van der Waals surface area contributed by atoms with Gasteiger partial charge >= 0.3 is 0 Å². The average Bonchev–Trinajstić information content (AvgIpc) is 2.88. The first-order valence-corrected chi connectivity index (χ1v) is 14.3. The number of carbonyl (C=O) groups excluding carboxylic acids is 1. The predicted molar refractivity (Wildman–Crippen MR) is 146 cm³/mol. The zero-order chi connectivity index (χ0) is 30.1. The van der Waals surface area contributed by atoms with Crippen LogP contribution in [-0.2, 0) is 19.0 Å². The van der Waals surface area contributed by atoms with E-state index in [1.165, 1.54) is 6.92 Å². The molecule has 0 spiro atoms. The Balaban J connectivity index is 1.56. The zero-order valence-electron chi connectivity index (χ0n) is 23.7. The lowest BCUT2D eigenvalue weighted by atomic mass is 9.71. The van der Waals surface area contributed by atoms with Gasteiger partial charge in [-0.25, -0.2) is 0 Å². The summed E-state index contributed by atoms with van der Waals surface area (Å²) in [5.41, 5.74) is 15.8. The van der Waals surface area contributed by atoms with Gasteiger partial charge in [0.15, 0.2) is 6.29 Å². The van der Waals surface area contributed by atoms with Gasteiger partial charge in [-0.3, -0.25) is 4.79 Å². The van der Waals surface area contributed by atoms with Crippen molar-refractivity contribution < 1.29 is 44.5 Å². The summed E-state index contributed by atoms with van der Waals surface area (Å²) in [5, 5.41) is 61.9. The number of carbonyl (C=O) groups is 1. The largest absolute Gasteiger partial charge is 0.492 e. The van der Waals surface area contributed by atoms with Crippen molar-refractivity contribution >= 4 is 5.91 Å². The third-order valence-corrected chi connectivity index (χ3v) is 8.81. The molecule has 15 nitrogen and oxygen atoms in total. The van der Waals surface area contributed by atoms with Crippen LogP contribution in [0.2, 0.25) is 0 Å². The molecule has 0 aromatic heterocycles. The standard InChI is InChI=1S/C26H48N6O9/c1-25(37)11-39-23(19(35)22(25)30-2)41-21-16(32-24(36)26(38)8-12(27)9-26)7-15(29)17(18(21)34)20-14(28)4-3-13(40-20)10-31-5-6-33/h3,12,14-23,30-31,33-35,37-38H,4-11,27-29H2,1-2H3,(H,32,36)/t12?,14-,15+,16-,17-,18+,19-,20?,21+,22-,23-,25+,26?/m1/s1. The molecule has 236 valence electrons. The minimum Gasteiger partial charge on any atom is -0.492 e. The van der Waals surface area contributed by atoms with Crippen LogP contribution in [0.25, 0.3) is 0 Å². The fourth-order valence-corrected chi connectivity index (χ4v) is 6.55. The molecule has 1 unspecified atom stereocenters. The average molecular weight is 589 g/mol. The molecule has 41 heavy (non-hydrogen) atoms. The highest BCUT2D eigenvalue weighted by molar-refractivity contribution is 5.86. The summed E-state index contributed by atoms with van der Waals surface area (Å²) in [6.07, 6.45) is -3.09. The fraction of sp³-hybridized carbons (Fsp3) is 0.885. The van der Waals surface area contributed by atoms with E-state index in [0.29, 0.717) is 25.3 Å². The van der Waals surface area contributed by atoms with Crippen molar-refractivity contribution in [2.24, 2.45) is 23.1 Å². The van der Waals surface area contributed by atoms with E-state index in [1.807, 2.05) is 6.08 Å². The van der Waals surface area contributed by atoms with E-state index in [9.17, 15) is 25.2 Å². The van der Waals surface area contributed by atoms with E-state index in [2.05, 4.69) is 16.0 Å². The molecule has 2 aliphatic heterocycles. The van der Waals surface area contributed by atoms with Gasteiger partial charge in [0.1, 0.15) is 35.3 Å². The first kappa shape index (κ1) is 32.4. The number of ether oxygens (including phenoxy) is 3. The molecular formula is C26H48N6O9. The summed E-state index contributed by atoms with van der Waals surface area (Å²) >= 11 is 0. The molecule has 15 heteroatoms. The van der Waals surface area contributed by atoms with Gasteiger partial charge in [0.05, 0.1) is 37.9 Å². The second-order valence-corrected chi connectivity index (χ2v) is 12.2. The Morgan fingerprint density at radius 3 is 2.51 bits per heavy atom. The quantitative estimate of drug-likeness (QED) is 0.107. The van der Waals surface area contributed by atoms with E-state index in [4.69, 9.17) is 36.5 Å². The van der Waals surface area contributed by atoms with Crippen molar-refractivity contribution in [1.82, 2.24) is 16.0 Å². The Morgan fingerprint density at radius 1 is 1.17 bits per heavy atom. The maximum Gasteiger partial charge on any atom is 0.252 e. The van der Waals surface area contributed by atoms with Crippen molar-refractivity contribution in [2.45, 2.75) is 105 Å². The van der Waals surface area contributed by atoms with Crippen LogP contribution in [0.15, 0.2) is 11.8 Å². The molecule has 2 saturated carbocycles. The van der Waals surface area contributed by atoms with Crippen LogP contribution in [0.5, 0.6) is 0 Å². The molecule has 14 N–H and O–H groups in total. The van der Waals surface area contributed by atoms with Gasteiger partial charge in [0.2, 0.25) is 0 Å². The minimum atomic E-state index is -1.64. The fourth-order valence-electron chi connectivity index (χ4n) is 6.55. The smallest absolute Gasteiger partial charge is 0.252 e. The molecule has 0 radical (unpaired) electrons. The molecular weight excluding hydrogens is 540 g/mol. The third-order valence-electron chi connectivity index (χ3n) is 8.81. The van der Waals surface area contributed by atoms with Gasteiger partial charge in [-0.1, -0.05) is 0 Å². The number of aliphatic hydroxyl groups excluding tert-OH is 3. The molecule has 1 saturated heterocycles. The first-order valence-electron chi connectivity index (χ1n) is 14.3. The van der Waals surface area contributed by atoms with Gasteiger partial charge in [-0.15, -0.1) is 0 Å². The Morgan fingerprint density at radius 2 is 1.88 bits per heavy atom. The lowest BCUT2D eigenvalue weighted by molar-refractivity contribution is -0.297. The van der Waals surface area contributed by atoms with E-state index in [1.54, 1.807) is 7.05 Å². The van der Waals surface area contributed by atoms with Crippen LogP contribution < -0.4 is 33.2 Å². The molecule has 3 fully saturated rings. The molecule has 2 heterocycles. The Bertz CT molecular complexity index is 935. The van der Waals surface area contributed by atoms with Crippen LogP contribution in [-0.4, -0.2) is 137 Å². The highest BCUT2D eigenvalue weighted by Crippen LogP contribution is 2.37. The van der Waals surface area contributed by atoms with Gasteiger partial charge < -0.3 is 72.9 Å². The molecule has 0 aromatic carbocycles. The SMILES string of the molecule is CN[C@@H]1[C@@H](O)[C@@H](O[C@@H]2[C@@H](O)[C@H](C3OC(CNCCO)=CC[C@H]3N)[C@@H](N)C[C@H]2NC(=O)C2(O)CC(N)C2)OC[C@]1(C)O. The summed E-state index contributed by atoms with van der Waals surface area (Å²) < 4.78 is 18.1. The normalized spacial score (nSPS) is 46.7. The maximum absolute atomic E-state index is 13.1. The third kappa shape index (κ3) is 6.87. The van der Waals surface area contributed by atoms with E-state index in [-0.39, 0.29) is 38.5 Å². The molecule has 4 aliphatic rings. The summed E-state index contributed by atoms with van der Waals surface area (Å²) in [6, 6.07) is -3.14. The number of nitrogens with two attached hydrogens (primary N) is 3. The summed E-state index contributed by atoms with van der Waals surface area (Å²) in [5.74, 6) is -0.775. The first-order chi connectivity index (χ1) is 19.3. The number of rotatable bonds is 10. The molecule has 1 amide bonds. The van der Waals surface area contributed by atoms with E-state index >= 15 is 0 Å². The number of amides is 1. The van der Waals surface area contributed by atoms with Crippen molar-refractivity contribution in [3.8, 4) is 0 Å². The van der Waals surface area contributed by atoms with Crippen LogP contribution in [0.4, 0.5) is 0 Å². The van der Waals surface area contributed by atoms with Gasteiger partial charge in [0, 0.05) is 43.4 Å². The Hall–Kier alpha value is -1.47. The van der Waals surface area contributed by atoms with Crippen molar-refractivity contribution in [3.05, 3.63) is 11.8 Å². The van der Waals surface area contributed by atoms with Crippen LogP contribution >= 0.6 is 0 Å². The second kappa shape index (κ2) is 13.0. The molecule has 2 aliphatic carbocycles. The predicted octanol–water partition coefficient (Wildman–Crippen LogP) is -4.95.